The molecule has 5 heteroatoms. The quantitative estimate of drug-likeness (QED) is 0.614. The zero-order valence-corrected chi connectivity index (χ0v) is 12.4. The monoisotopic (exact) mass is 349 g/mol. The van der Waals surface area contributed by atoms with Crippen LogP contribution in [0.5, 0.6) is 0 Å². The van der Waals surface area contributed by atoms with Crippen LogP contribution in [0.15, 0.2) is 6.07 Å². The highest BCUT2D eigenvalue weighted by Crippen LogP contribution is 2.21. The summed E-state index contributed by atoms with van der Waals surface area (Å²) in [5.74, 6) is 0.577. The molecule has 0 atom stereocenters. The van der Waals surface area contributed by atoms with Crippen molar-refractivity contribution < 1.29 is 0 Å². The van der Waals surface area contributed by atoms with Gasteiger partial charge in [0.25, 0.3) is 0 Å². The number of rotatable bonds is 2. The Bertz CT molecular complexity index is 533. The molecule has 0 fully saturated rings. The van der Waals surface area contributed by atoms with Crippen molar-refractivity contribution in [1.82, 2.24) is 14.6 Å². The second-order valence-corrected chi connectivity index (χ2v) is 5.77. The molecule has 2 heterocycles. The normalized spacial score (nSPS) is 11.6. The first-order chi connectivity index (χ1) is 7.49. The molecule has 0 saturated heterocycles. The van der Waals surface area contributed by atoms with Crippen molar-refractivity contribution in [3.8, 4) is 0 Å². The first-order valence-corrected chi connectivity index (χ1v) is 6.65. The highest BCUT2D eigenvalue weighted by molar-refractivity contribution is 14.1. The molecule has 86 valence electrons. The van der Waals surface area contributed by atoms with Crippen LogP contribution < -0.4 is 0 Å². The minimum atomic E-state index is 0.577. The lowest BCUT2D eigenvalue weighted by Gasteiger charge is -2.05. The van der Waals surface area contributed by atoms with Crippen LogP contribution >= 0.6 is 34.2 Å². The summed E-state index contributed by atoms with van der Waals surface area (Å²) in [5, 5.41) is 4.98. The van der Waals surface area contributed by atoms with Crippen LogP contribution in [-0.4, -0.2) is 14.6 Å². The van der Waals surface area contributed by atoms with Gasteiger partial charge < -0.3 is 0 Å². The van der Waals surface area contributed by atoms with Crippen molar-refractivity contribution in [2.45, 2.75) is 27.2 Å². The molecule has 16 heavy (non-hydrogen) atoms. The lowest BCUT2D eigenvalue weighted by Crippen LogP contribution is -2.01. The molecule has 2 aromatic rings. The van der Waals surface area contributed by atoms with Gasteiger partial charge in [0.05, 0.1) is 9.26 Å². The van der Waals surface area contributed by atoms with Gasteiger partial charge in [0.2, 0.25) is 0 Å². The molecule has 0 amide bonds. The Morgan fingerprint density at radius 1 is 1.50 bits per heavy atom. The average Bonchev–Trinajstić information content (AvgIpc) is 2.45. The van der Waals surface area contributed by atoms with Crippen molar-refractivity contribution >= 4 is 39.8 Å². The fourth-order valence-corrected chi connectivity index (χ4v) is 2.33. The maximum atomic E-state index is 6.19. The van der Waals surface area contributed by atoms with Gasteiger partial charge in [-0.15, -0.1) is 0 Å². The Kier molecular flexibility index (Phi) is 3.39. The molecule has 0 N–H and O–H groups in total. The van der Waals surface area contributed by atoms with Crippen LogP contribution in [0.25, 0.3) is 5.65 Å². The molecule has 2 rings (SSSR count). The van der Waals surface area contributed by atoms with Crippen molar-refractivity contribution in [3.63, 3.8) is 0 Å². The molecule has 0 spiro atoms. The van der Waals surface area contributed by atoms with Gasteiger partial charge >= 0.3 is 0 Å². The molecule has 0 aliphatic rings. The third kappa shape index (κ3) is 2.18. The minimum Gasteiger partial charge on any atom is -0.232 e. The lowest BCUT2D eigenvalue weighted by molar-refractivity contribution is 0.634. The van der Waals surface area contributed by atoms with Crippen LogP contribution in [0.4, 0.5) is 0 Å². The van der Waals surface area contributed by atoms with E-state index < -0.39 is 0 Å². The first-order valence-electron chi connectivity index (χ1n) is 5.19. The van der Waals surface area contributed by atoms with Gasteiger partial charge in [-0.05, 0) is 47.9 Å². The van der Waals surface area contributed by atoms with E-state index in [2.05, 4.69) is 46.5 Å². The summed E-state index contributed by atoms with van der Waals surface area (Å²) in [4.78, 5) is 4.61. The summed E-state index contributed by atoms with van der Waals surface area (Å²) < 4.78 is 2.77. The molecule has 0 bridgehead atoms. The summed E-state index contributed by atoms with van der Waals surface area (Å²) in [6.45, 7) is 6.31. The van der Waals surface area contributed by atoms with Crippen LogP contribution in [0.3, 0.4) is 0 Å². The molecule has 0 unspecified atom stereocenters. The van der Waals surface area contributed by atoms with Crippen molar-refractivity contribution in [2.24, 2.45) is 5.92 Å². The topological polar surface area (TPSA) is 30.2 Å². The summed E-state index contributed by atoms with van der Waals surface area (Å²) in [5.41, 5.74) is 2.86. The smallest absolute Gasteiger partial charge is 0.170 e. The van der Waals surface area contributed by atoms with E-state index in [-0.39, 0.29) is 0 Å². The van der Waals surface area contributed by atoms with Crippen LogP contribution in [0.1, 0.15) is 25.2 Å². The Balaban J connectivity index is 2.60. The fourth-order valence-electron chi connectivity index (χ4n) is 1.63. The van der Waals surface area contributed by atoms with E-state index in [1.807, 2.05) is 13.0 Å². The van der Waals surface area contributed by atoms with Crippen molar-refractivity contribution in [2.75, 3.05) is 0 Å². The second-order valence-electron chi connectivity index (χ2n) is 4.30. The number of hydrogen-bond donors (Lipinski definition) is 0. The number of nitrogens with zero attached hydrogens (tertiary/aromatic N) is 3. The number of aryl methyl sites for hydroxylation is 1. The van der Waals surface area contributed by atoms with Gasteiger partial charge in [-0.25, -0.2) is 9.50 Å². The summed E-state index contributed by atoms with van der Waals surface area (Å²) in [6.07, 6.45) is 0.941. The molecule has 0 aliphatic carbocycles. The summed E-state index contributed by atoms with van der Waals surface area (Å²) >= 11 is 8.45. The van der Waals surface area contributed by atoms with Gasteiger partial charge in [0.15, 0.2) is 5.65 Å². The average molecular weight is 350 g/mol. The molecule has 3 nitrogen and oxygen atoms in total. The fraction of sp³-hybridized carbons (Fsp3) is 0.455. The van der Waals surface area contributed by atoms with Gasteiger partial charge in [-0.2, -0.15) is 5.10 Å². The highest BCUT2D eigenvalue weighted by Gasteiger charge is 2.12. The number of fused-ring (bicyclic) bond motifs is 1. The highest BCUT2D eigenvalue weighted by atomic mass is 127. The number of halogens is 2. The van der Waals surface area contributed by atoms with E-state index in [9.17, 15) is 0 Å². The summed E-state index contributed by atoms with van der Waals surface area (Å²) in [6, 6.07) is 1.90. The van der Waals surface area contributed by atoms with E-state index in [1.165, 1.54) is 0 Å². The predicted octanol–water partition coefficient (Wildman–Crippen LogP) is 3.49. The van der Waals surface area contributed by atoms with E-state index >= 15 is 0 Å². The SMILES string of the molecule is Cc1nn2c(Cl)cc(CC(C)C)nc2c1I. The second kappa shape index (κ2) is 4.49. The third-order valence-corrected chi connectivity index (χ3v) is 3.85. The molecule has 2 aromatic heterocycles. The summed E-state index contributed by atoms with van der Waals surface area (Å²) in [7, 11) is 0. The van der Waals surface area contributed by atoms with Crippen LogP contribution in [-0.2, 0) is 6.42 Å². The maximum absolute atomic E-state index is 6.19. The first kappa shape index (κ1) is 12.1. The number of hydrogen-bond acceptors (Lipinski definition) is 2. The maximum Gasteiger partial charge on any atom is 0.170 e. The van der Waals surface area contributed by atoms with E-state index in [4.69, 9.17) is 11.6 Å². The Labute approximate surface area is 113 Å². The lowest BCUT2D eigenvalue weighted by atomic mass is 10.1. The Morgan fingerprint density at radius 3 is 2.81 bits per heavy atom. The van der Waals surface area contributed by atoms with Gasteiger partial charge in [0.1, 0.15) is 5.15 Å². The standard InChI is InChI=1S/C11H13ClIN3/c1-6(2)4-8-5-9(12)16-11(14-8)10(13)7(3)15-16/h5-6H,4H2,1-3H3. The largest absolute Gasteiger partial charge is 0.232 e. The van der Waals surface area contributed by atoms with Crippen molar-refractivity contribution in [1.29, 1.82) is 0 Å². The molecular formula is C11H13ClIN3. The van der Waals surface area contributed by atoms with Crippen LogP contribution in [0.2, 0.25) is 5.15 Å². The zero-order chi connectivity index (χ0) is 11.9. The number of aromatic nitrogens is 3. The molecular weight excluding hydrogens is 336 g/mol. The molecule has 0 aliphatic heterocycles. The predicted molar refractivity (Wildman–Crippen MR) is 74.0 cm³/mol. The molecule has 0 saturated carbocycles. The van der Waals surface area contributed by atoms with E-state index in [0.29, 0.717) is 11.1 Å². The third-order valence-electron chi connectivity index (χ3n) is 2.32. The van der Waals surface area contributed by atoms with Gasteiger partial charge in [0, 0.05) is 5.69 Å². The zero-order valence-electron chi connectivity index (χ0n) is 9.46. The Hall–Kier alpha value is -0.360. The van der Waals surface area contributed by atoms with E-state index in [1.54, 1.807) is 4.52 Å². The van der Waals surface area contributed by atoms with Crippen LogP contribution in [0, 0.1) is 16.4 Å². The minimum absolute atomic E-state index is 0.577. The molecule has 0 aromatic carbocycles. The van der Waals surface area contributed by atoms with Gasteiger partial charge in [-0.1, -0.05) is 25.4 Å². The van der Waals surface area contributed by atoms with E-state index in [0.717, 1.165) is 27.0 Å². The Morgan fingerprint density at radius 2 is 2.19 bits per heavy atom. The van der Waals surface area contributed by atoms with Gasteiger partial charge in [-0.3, -0.25) is 0 Å². The molecule has 0 radical (unpaired) electrons. The van der Waals surface area contributed by atoms with Crippen molar-refractivity contribution in [3.05, 3.63) is 26.2 Å².